The molecule has 0 aromatic rings. The third kappa shape index (κ3) is 50.5. The van der Waals surface area contributed by atoms with Gasteiger partial charge in [-0.1, -0.05) is 258 Å². The third-order valence-electron chi connectivity index (χ3n) is 12.4. The molecule has 0 heterocycles. The molecular formula is C53H108NO7P. The minimum atomic E-state index is -4.52. The van der Waals surface area contributed by atoms with Crippen LogP contribution in [0.25, 0.3) is 0 Å². The number of hydrogen-bond donors (Lipinski definition) is 0. The molecule has 2 atom stereocenters. The van der Waals surface area contributed by atoms with Crippen LogP contribution < -0.4 is 4.89 Å². The van der Waals surface area contributed by atoms with Gasteiger partial charge in [0.05, 0.1) is 34.4 Å². The molecule has 0 N–H and O–H groups in total. The van der Waals surface area contributed by atoms with Gasteiger partial charge in [0.15, 0.2) is 0 Å². The van der Waals surface area contributed by atoms with Crippen molar-refractivity contribution in [1.29, 1.82) is 0 Å². The fraction of sp³-hybridized carbons (Fsp3) is 0.981. The number of nitrogens with zero attached hydrogens (tertiary/aromatic N) is 1. The zero-order chi connectivity index (χ0) is 45.5. The summed E-state index contributed by atoms with van der Waals surface area (Å²) in [6.07, 6.45) is 52.8. The lowest BCUT2D eigenvalue weighted by atomic mass is 10.0. The molecule has 0 aromatic carbocycles. The van der Waals surface area contributed by atoms with E-state index in [9.17, 15) is 14.3 Å². The second-order valence-electron chi connectivity index (χ2n) is 20.0. The van der Waals surface area contributed by atoms with E-state index in [1.165, 1.54) is 225 Å². The smallest absolute Gasteiger partial charge is 0.306 e. The Bertz CT molecular complexity index is 961. The number of carbonyl (C=O) groups is 1. The first kappa shape index (κ1) is 61.5. The summed E-state index contributed by atoms with van der Waals surface area (Å²) in [4.78, 5) is 25.2. The molecule has 0 saturated carbocycles. The molecule has 0 rings (SSSR count). The average molecular weight is 902 g/mol. The van der Waals surface area contributed by atoms with Crippen molar-refractivity contribution in [1.82, 2.24) is 0 Å². The van der Waals surface area contributed by atoms with Crippen LogP contribution in [0, 0.1) is 0 Å². The van der Waals surface area contributed by atoms with Crippen LogP contribution in [-0.2, 0) is 27.9 Å². The van der Waals surface area contributed by atoms with E-state index < -0.39 is 13.9 Å². The summed E-state index contributed by atoms with van der Waals surface area (Å²) in [6.45, 7) is 5.50. The zero-order valence-electron chi connectivity index (χ0n) is 42.4. The van der Waals surface area contributed by atoms with Gasteiger partial charge >= 0.3 is 5.97 Å². The standard InChI is InChI=1S/C53H108NO7P/c1-6-8-10-12-14-16-18-20-22-24-25-26-27-28-29-30-31-33-35-37-39-41-43-45-48-58-50-52(51-60-62(56,57)59-49-47-54(3,4)5)61-53(55)46-44-42-40-38-36-34-32-23-21-19-17-15-13-11-9-7-2/h52H,6-51H2,1-5H3. The molecule has 0 aliphatic rings. The largest absolute Gasteiger partial charge is 0.756 e. The zero-order valence-corrected chi connectivity index (χ0v) is 43.3. The minimum Gasteiger partial charge on any atom is -0.756 e. The number of phosphoric ester groups is 1. The van der Waals surface area contributed by atoms with Gasteiger partial charge in [-0.3, -0.25) is 9.36 Å². The van der Waals surface area contributed by atoms with Crippen LogP contribution >= 0.6 is 7.82 Å². The fourth-order valence-electron chi connectivity index (χ4n) is 8.20. The van der Waals surface area contributed by atoms with Crippen molar-refractivity contribution in [2.45, 2.75) is 283 Å². The molecule has 372 valence electrons. The number of carbonyl (C=O) groups excluding carboxylic acids is 1. The van der Waals surface area contributed by atoms with Gasteiger partial charge in [0.2, 0.25) is 0 Å². The third-order valence-corrected chi connectivity index (χ3v) is 13.4. The molecule has 8 nitrogen and oxygen atoms in total. The molecule has 0 aromatic heterocycles. The van der Waals surface area contributed by atoms with Crippen molar-refractivity contribution < 1.29 is 37.3 Å². The van der Waals surface area contributed by atoms with Crippen LogP contribution in [0.5, 0.6) is 0 Å². The first-order valence-corrected chi connectivity index (χ1v) is 28.7. The molecule has 0 amide bonds. The molecule has 0 aliphatic carbocycles. The van der Waals surface area contributed by atoms with E-state index in [0.717, 1.165) is 32.1 Å². The van der Waals surface area contributed by atoms with Crippen molar-refractivity contribution in [2.75, 3.05) is 54.1 Å². The topological polar surface area (TPSA) is 94.1 Å². The maximum atomic E-state index is 12.7. The van der Waals surface area contributed by atoms with Crippen LogP contribution in [0.4, 0.5) is 0 Å². The average Bonchev–Trinajstić information content (AvgIpc) is 3.23. The number of rotatable bonds is 52. The van der Waals surface area contributed by atoms with E-state index in [1.807, 2.05) is 21.1 Å². The summed E-state index contributed by atoms with van der Waals surface area (Å²) in [7, 11) is 1.38. The van der Waals surface area contributed by atoms with Crippen LogP contribution in [0.3, 0.4) is 0 Å². The number of quaternary nitrogens is 1. The monoisotopic (exact) mass is 902 g/mol. The Morgan fingerprint density at radius 2 is 0.742 bits per heavy atom. The van der Waals surface area contributed by atoms with Gasteiger partial charge in [-0.25, -0.2) is 0 Å². The van der Waals surface area contributed by atoms with Gasteiger partial charge < -0.3 is 27.9 Å². The number of phosphoric acid groups is 1. The summed E-state index contributed by atoms with van der Waals surface area (Å²) in [5.41, 5.74) is 0. The highest BCUT2D eigenvalue weighted by atomic mass is 31.2. The van der Waals surface area contributed by atoms with Gasteiger partial charge in [0.25, 0.3) is 7.82 Å². The first-order chi connectivity index (χ1) is 30.1. The normalized spacial score (nSPS) is 13.5. The number of hydrogen-bond acceptors (Lipinski definition) is 7. The Kier molecular flexibility index (Phi) is 46.6. The second-order valence-corrected chi connectivity index (χ2v) is 21.4. The van der Waals surface area contributed by atoms with Crippen LogP contribution in [-0.4, -0.2) is 70.7 Å². The highest BCUT2D eigenvalue weighted by Crippen LogP contribution is 2.38. The lowest BCUT2D eigenvalue weighted by Gasteiger charge is -2.28. The van der Waals surface area contributed by atoms with Gasteiger partial charge in [-0.2, -0.15) is 0 Å². The summed E-state index contributed by atoms with van der Waals surface area (Å²) < 4.78 is 34.8. The predicted molar refractivity (Wildman–Crippen MR) is 264 cm³/mol. The Morgan fingerprint density at radius 3 is 1.06 bits per heavy atom. The van der Waals surface area contributed by atoms with E-state index in [2.05, 4.69) is 13.8 Å². The quantitative estimate of drug-likeness (QED) is 0.0260. The number of likely N-dealkylation sites (N-methyl/N-ethyl adjacent to an activating group) is 1. The molecule has 0 bridgehead atoms. The molecule has 62 heavy (non-hydrogen) atoms. The number of esters is 1. The van der Waals surface area contributed by atoms with Crippen LogP contribution in [0.15, 0.2) is 0 Å². The van der Waals surface area contributed by atoms with E-state index in [0.29, 0.717) is 24.1 Å². The minimum absolute atomic E-state index is 0.0318. The maximum absolute atomic E-state index is 12.7. The Hall–Kier alpha value is -0.500. The summed E-state index contributed by atoms with van der Waals surface area (Å²) >= 11 is 0. The SMILES string of the molecule is CCCCCCCCCCCCCCCCCCCCCCCCCCOCC(COP(=O)([O-])OCC[N+](C)(C)C)OC(=O)CCCCCCCCCCCCCCCCCC. The first-order valence-electron chi connectivity index (χ1n) is 27.3. The summed E-state index contributed by atoms with van der Waals surface area (Å²) in [5.74, 6) is -0.325. The van der Waals surface area contributed by atoms with E-state index in [-0.39, 0.29) is 25.8 Å². The van der Waals surface area contributed by atoms with Crippen molar-refractivity contribution in [2.24, 2.45) is 0 Å². The Labute approximate surface area is 387 Å². The summed E-state index contributed by atoms with van der Waals surface area (Å²) in [6, 6.07) is 0. The van der Waals surface area contributed by atoms with Gasteiger partial charge in [0, 0.05) is 13.0 Å². The van der Waals surface area contributed by atoms with Crippen molar-refractivity contribution in [3.8, 4) is 0 Å². The lowest BCUT2D eigenvalue weighted by Crippen LogP contribution is -2.37. The number of ether oxygens (including phenoxy) is 2. The Balaban J connectivity index is 4.01. The van der Waals surface area contributed by atoms with E-state index in [4.69, 9.17) is 18.5 Å². The van der Waals surface area contributed by atoms with E-state index in [1.54, 1.807) is 0 Å². The maximum Gasteiger partial charge on any atom is 0.306 e. The molecule has 9 heteroatoms. The summed E-state index contributed by atoms with van der Waals surface area (Å²) in [5, 5.41) is 0. The predicted octanol–water partition coefficient (Wildman–Crippen LogP) is 16.2. The highest BCUT2D eigenvalue weighted by Gasteiger charge is 2.20. The molecule has 0 saturated heterocycles. The van der Waals surface area contributed by atoms with Crippen molar-refractivity contribution >= 4 is 13.8 Å². The lowest BCUT2D eigenvalue weighted by molar-refractivity contribution is -0.870. The molecule has 2 unspecified atom stereocenters. The van der Waals surface area contributed by atoms with Crippen molar-refractivity contribution in [3.05, 3.63) is 0 Å². The fourth-order valence-corrected chi connectivity index (χ4v) is 8.93. The highest BCUT2D eigenvalue weighted by molar-refractivity contribution is 7.45. The second kappa shape index (κ2) is 47.0. The Morgan fingerprint density at radius 1 is 0.435 bits per heavy atom. The molecule has 0 spiro atoms. The van der Waals surface area contributed by atoms with Gasteiger partial charge in [-0.05, 0) is 12.8 Å². The van der Waals surface area contributed by atoms with Crippen LogP contribution in [0.2, 0.25) is 0 Å². The van der Waals surface area contributed by atoms with E-state index >= 15 is 0 Å². The molecule has 0 radical (unpaired) electrons. The molecular weight excluding hydrogens is 794 g/mol. The number of unbranched alkanes of at least 4 members (excludes halogenated alkanes) is 38. The molecule has 0 aliphatic heterocycles. The van der Waals surface area contributed by atoms with Gasteiger partial charge in [0.1, 0.15) is 19.3 Å². The van der Waals surface area contributed by atoms with Crippen LogP contribution in [0.1, 0.15) is 277 Å². The van der Waals surface area contributed by atoms with Gasteiger partial charge in [-0.15, -0.1) is 0 Å². The molecule has 0 fully saturated rings. The van der Waals surface area contributed by atoms with Crippen molar-refractivity contribution in [3.63, 3.8) is 0 Å².